The topological polar surface area (TPSA) is 30.7 Å². The molecule has 1 aromatic heterocycles. The van der Waals surface area contributed by atoms with Crippen LogP contribution >= 0.6 is 11.6 Å². The number of nitrogens with zero attached hydrogens (tertiary/aromatic N) is 3. The standard InChI is InChI=1S/C9H8ClN3.C2H6/c1-7-3-2-4-8(10)9(7)13-6-11-5-12-13;1-2/h2-6H,1H3;1-2H3. The van der Waals surface area contributed by atoms with Gasteiger partial charge in [0.25, 0.3) is 0 Å². The molecule has 0 aliphatic carbocycles. The molecule has 0 N–H and O–H groups in total. The Morgan fingerprint density at radius 1 is 1.27 bits per heavy atom. The first-order chi connectivity index (χ1) is 7.29. The Balaban J connectivity index is 0.000000531. The van der Waals surface area contributed by atoms with Crippen molar-refractivity contribution < 1.29 is 0 Å². The second kappa shape index (κ2) is 5.51. The van der Waals surface area contributed by atoms with Crippen LogP contribution in [0.5, 0.6) is 0 Å². The third kappa shape index (κ3) is 2.57. The summed E-state index contributed by atoms with van der Waals surface area (Å²) in [6, 6.07) is 5.74. The monoisotopic (exact) mass is 223 g/mol. The van der Waals surface area contributed by atoms with E-state index in [0.717, 1.165) is 11.3 Å². The van der Waals surface area contributed by atoms with E-state index in [1.807, 2.05) is 39.0 Å². The highest BCUT2D eigenvalue weighted by molar-refractivity contribution is 6.32. The van der Waals surface area contributed by atoms with Crippen LogP contribution in [0.4, 0.5) is 0 Å². The lowest BCUT2D eigenvalue weighted by Gasteiger charge is -2.06. The zero-order valence-electron chi connectivity index (χ0n) is 9.11. The van der Waals surface area contributed by atoms with Gasteiger partial charge >= 0.3 is 0 Å². The molecule has 0 bridgehead atoms. The molecule has 0 fully saturated rings. The van der Waals surface area contributed by atoms with E-state index in [0.29, 0.717) is 5.02 Å². The second-order valence-electron chi connectivity index (χ2n) is 2.75. The number of benzene rings is 1. The first-order valence-electron chi connectivity index (χ1n) is 4.89. The van der Waals surface area contributed by atoms with Gasteiger partial charge in [-0.15, -0.1) is 0 Å². The maximum absolute atomic E-state index is 6.03. The van der Waals surface area contributed by atoms with E-state index in [1.165, 1.54) is 6.33 Å². The van der Waals surface area contributed by atoms with Gasteiger partial charge in [-0.25, -0.2) is 9.67 Å². The predicted octanol–water partition coefficient (Wildman–Crippen LogP) is 3.26. The summed E-state index contributed by atoms with van der Waals surface area (Å²) in [6.07, 6.45) is 3.12. The maximum Gasteiger partial charge on any atom is 0.138 e. The Labute approximate surface area is 94.7 Å². The van der Waals surface area contributed by atoms with E-state index in [2.05, 4.69) is 10.1 Å². The minimum absolute atomic E-state index is 0.686. The number of aromatic nitrogens is 3. The summed E-state index contributed by atoms with van der Waals surface area (Å²) in [5.74, 6) is 0. The van der Waals surface area contributed by atoms with Crippen molar-refractivity contribution in [2.75, 3.05) is 0 Å². The lowest BCUT2D eigenvalue weighted by atomic mass is 10.2. The molecule has 0 spiro atoms. The van der Waals surface area contributed by atoms with Crippen LogP contribution in [0.3, 0.4) is 0 Å². The molecule has 4 heteroatoms. The summed E-state index contributed by atoms with van der Waals surface area (Å²) in [4.78, 5) is 3.87. The third-order valence-corrected chi connectivity index (χ3v) is 2.14. The van der Waals surface area contributed by atoms with Crippen LogP contribution < -0.4 is 0 Å². The van der Waals surface area contributed by atoms with E-state index in [-0.39, 0.29) is 0 Å². The van der Waals surface area contributed by atoms with Gasteiger partial charge in [-0.1, -0.05) is 37.6 Å². The van der Waals surface area contributed by atoms with Gasteiger partial charge in [-0.2, -0.15) is 5.10 Å². The number of aryl methyl sites for hydroxylation is 1. The van der Waals surface area contributed by atoms with Crippen LogP contribution in [-0.2, 0) is 0 Å². The smallest absolute Gasteiger partial charge is 0.138 e. The lowest BCUT2D eigenvalue weighted by molar-refractivity contribution is 0.871. The predicted molar refractivity (Wildman–Crippen MR) is 62.5 cm³/mol. The van der Waals surface area contributed by atoms with Crippen molar-refractivity contribution in [1.82, 2.24) is 14.8 Å². The molecule has 3 nitrogen and oxygen atoms in total. The molecule has 1 heterocycles. The Morgan fingerprint density at radius 3 is 2.53 bits per heavy atom. The fourth-order valence-corrected chi connectivity index (χ4v) is 1.55. The molecular weight excluding hydrogens is 210 g/mol. The molecule has 15 heavy (non-hydrogen) atoms. The summed E-state index contributed by atoms with van der Waals surface area (Å²) < 4.78 is 1.66. The molecule has 0 saturated carbocycles. The summed E-state index contributed by atoms with van der Waals surface area (Å²) in [5.41, 5.74) is 1.97. The van der Waals surface area contributed by atoms with Crippen molar-refractivity contribution in [3.8, 4) is 5.69 Å². The van der Waals surface area contributed by atoms with Gasteiger partial charge in [-0.3, -0.25) is 0 Å². The molecular formula is C11H14ClN3. The largest absolute Gasteiger partial charge is 0.223 e. The molecule has 0 aliphatic heterocycles. The van der Waals surface area contributed by atoms with Crippen LogP contribution in [0.25, 0.3) is 5.69 Å². The summed E-state index contributed by atoms with van der Waals surface area (Å²) in [6.45, 7) is 5.99. The Hall–Kier alpha value is -1.35. The molecule has 2 rings (SSSR count). The SMILES string of the molecule is CC.Cc1cccc(Cl)c1-n1cncn1. The van der Waals surface area contributed by atoms with Gasteiger partial charge in [0.05, 0.1) is 10.7 Å². The van der Waals surface area contributed by atoms with Gasteiger partial charge in [0.2, 0.25) is 0 Å². The molecule has 0 unspecified atom stereocenters. The molecule has 1 aromatic carbocycles. The highest BCUT2D eigenvalue weighted by Gasteiger charge is 2.05. The first-order valence-corrected chi connectivity index (χ1v) is 5.27. The highest BCUT2D eigenvalue weighted by atomic mass is 35.5. The molecule has 0 amide bonds. The Kier molecular flexibility index (Phi) is 4.31. The third-order valence-electron chi connectivity index (χ3n) is 1.84. The van der Waals surface area contributed by atoms with Crippen LogP contribution in [0.15, 0.2) is 30.9 Å². The normalized spacial score (nSPS) is 9.33. The van der Waals surface area contributed by atoms with Crippen molar-refractivity contribution in [2.24, 2.45) is 0 Å². The number of rotatable bonds is 1. The van der Waals surface area contributed by atoms with Crippen molar-refractivity contribution in [2.45, 2.75) is 20.8 Å². The fraction of sp³-hybridized carbons (Fsp3) is 0.273. The van der Waals surface area contributed by atoms with E-state index in [4.69, 9.17) is 11.6 Å². The zero-order chi connectivity index (χ0) is 11.3. The fourth-order valence-electron chi connectivity index (χ4n) is 1.24. The van der Waals surface area contributed by atoms with Gasteiger partial charge < -0.3 is 0 Å². The number of para-hydroxylation sites is 1. The van der Waals surface area contributed by atoms with E-state index < -0.39 is 0 Å². The van der Waals surface area contributed by atoms with Crippen molar-refractivity contribution >= 4 is 11.6 Å². The number of hydrogen-bond acceptors (Lipinski definition) is 2. The number of hydrogen-bond donors (Lipinski definition) is 0. The summed E-state index contributed by atoms with van der Waals surface area (Å²) in [7, 11) is 0. The summed E-state index contributed by atoms with van der Waals surface area (Å²) in [5, 5.41) is 4.71. The number of halogens is 1. The van der Waals surface area contributed by atoms with Crippen LogP contribution in [-0.4, -0.2) is 14.8 Å². The van der Waals surface area contributed by atoms with Gasteiger partial charge in [0, 0.05) is 0 Å². The molecule has 80 valence electrons. The Morgan fingerprint density at radius 2 is 2.00 bits per heavy atom. The lowest BCUT2D eigenvalue weighted by Crippen LogP contribution is -1.97. The average Bonchev–Trinajstić information content (AvgIpc) is 2.74. The van der Waals surface area contributed by atoms with E-state index in [9.17, 15) is 0 Å². The molecule has 2 aromatic rings. The minimum Gasteiger partial charge on any atom is -0.223 e. The average molecular weight is 224 g/mol. The van der Waals surface area contributed by atoms with Crippen LogP contribution in [0.1, 0.15) is 19.4 Å². The van der Waals surface area contributed by atoms with Gasteiger partial charge in [0.1, 0.15) is 12.7 Å². The second-order valence-corrected chi connectivity index (χ2v) is 3.15. The maximum atomic E-state index is 6.03. The zero-order valence-corrected chi connectivity index (χ0v) is 9.86. The summed E-state index contributed by atoms with van der Waals surface area (Å²) >= 11 is 6.03. The molecule has 0 radical (unpaired) electrons. The van der Waals surface area contributed by atoms with E-state index in [1.54, 1.807) is 11.0 Å². The van der Waals surface area contributed by atoms with Gasteiger partial charge in [-0.05, 0) is 18.6 Å². The molecule has 0 aliphatic rings. The Bertz CT molecular complexity index is 390. The molecule has 0 atom stereocenters. The van der Waals surface area contributed by atoms with Crippen LogP contribution in [0.2, 0.25) is 5.02 Å². The quantitative estimate of drug-likeness (QED) is 0.743. The first kappa shape index (κ1) is 11.7. The molecule has 0 saturated heterocycles. The van der Waals surface area contributed by atoms with Crippen molar-refractivity contribution in [1.29, 1.82) is 0 Å². The van der Waals surface area contributed by atoms with Crippen molar-refractivity contribution in [3.63, 3.8) is 0 Å². The van der Waals surface area contributed by atoms with Gasteiger partial charge in [0.15, 0.2) is 0 Å². The van der Waals surface area contributed by atoms with Crippen molar-refractivity contribution in [3.05, 3.63) is 41.4 Å². The van der Waals surface area contributed by atoms with E-state index >= 15 is 0 Å². The highest BCUT2D eigenvalue weighted by Crippen LogP contribution is 2.22. The van der Waals surface area contributed by atoms with Crippen LogP contribution in [0, 0.1) is 6.92 Å². The minimum atomic E-state index is 0.686.